The molecule has 0 aliphatic heterocycles. The van der Waals surface area contributed by atoms with Crippen LogP contribution in [0.25, 0.3) is 10.9 Å². The molecule has 0 spiro atoms. The summed E-state index contributed by atoms with van der Waals surface area (Å²) in [7, 11) is 0. The molecule has 0 saturated heterocycles. The van der Waals surface area contributed by atoms with E-state index in [9.17, 15) is 23.1 Å². The first-order valence-electron chi connectivity index (χ1n) is 7.61. The highest BCUT2D eigenvalue weighted by atomic mass is 19.4. The van der Waals surface area contributed by atoms with E-state index in [2.05, 4.69) is 20.6 Å². The summed E-state index contributed by atoms with van der Waals surface area (Å²) in [6, 6.07) is 5.21. The van der Waals surface area contributed by atoms with E-state index in [1.165, 1.54) is 31.5 Å². The van der Waals surface area contributed by atoms with E-state index in [4.69, 9.17) is 0 Å². The van der Waals surface area contributed by atoms with Crippen LogP contribution in [0.5, 0.6) is 0 Å². The number of H-pyrrole nitrogens is 1. The number of carbonyl (C=O) groups is 1. The van der Waals surface area contributed by atoms with Crippen molar-refractivity contribution in [1.29, 1.82) is 0 Å². The molecular weight excluding hydrogens is 349 g/mol. The minimum atomic E-state index is -4.52. The lowest BCUT2D eigenvalue weighted by molar-refractivity contribution is -0.138. The van der Waals surface area contributed by atoms with Gasteiger partial charge in [0.05, 0.1) is 16.8 Å². The van der Waals surface area contributed by atoms with Crippen molar-refractivity contribution in [3.63, 3.8) is 0 Å². The summed E-state index contributed by atoms with van der Waals surface area (Å²) in [6.07, 6.45) is -1.60. The Morgan fingerprint density at radius 1 is 1.27 bits per heavy atom. The summed E-state index contributed by atoms with van der Waals surface area (Å²) < 4.78 is 38.8. The number of anilines is 2. The molecule has 3 rings (SSSR count). The molecule has 9 heteroatoms. The Labute approximate surface area is 146 Å². The number of nitrogens with zero attached hydrogens (tertiary/aromatic N) is 1. The number of aliphatic hydroxyl groups is 1. The van der Waals surface area contributed by atoms with Gasteiger partial charge >= 0.3 is 6.18 Å². The molecule has 2 aromatic heterocycles. The normalized spacial score (nSPS) is 12.8. The molecule has 1 amide bonds. The van der Waals surface area contributed by atoms with Gasteiger partial charge in [0.1, 0.15) is 0 Å². The molecule has 4 N–H and O–H groups in total. The summed E-state index contributed by atoms with van der Waals surface area (Å²) in [5.74, 6) is -0.813. The highest BCUT2D eigenvalue weighted by Crippen LogP contribution is 2.34. The summed E-state index contributed by atoms with van der Waals surface area (Å²) in [4.78, 5) is 19.1. The maximum atomic E-state index is 12.9. The van der Waals surface area contributed by atoms with Gasteiger partial charge < -0.3 is 20.7 Å². The molecule has 0 radical (unpaired) electrons. The average molecular weight is 364 g/mol. The molecule has 3 aromatic rings. The molecule has 1 unspecified atom stereocenters. The van der Waals surface area contributed by atoms with Crippen LogP contribution in [0.2, 0.25) is 0 Å². The number of fused-ring (bicyclic) bond motifs is 1. The predicted octanol–water partition coefficient (Wildman–Crippen LogP) is 3.26. The van der Waals surface area contributed by atoms with Crippen LogP contribution in [-0.2, 0) is 11.0 Å². The third-order valence-electron chi connectivity index (χ3n) is 3.92. The topological polar surface area (TPSA) is 90.0 Å². The van der Waals surface area contributed by atoms with Crippen molar-refractivity contribution in [3.8, 4) is 0 Å². The smallest absolute Gasteiger partial charge is 0.366 e. The Balaban J connectivity index is 1.76. The fourth-order valence-electron chi connectivity index (χ4n) is 2.58. The van der Waals surface area contributed by atoms with Crippen LogP contribution in [0.4, 0.5) is 24.5 Å². The zero-order valence-corrected chi connectivity index (χ0v) is 13.6. The van der Waals surface area contributed by atoms with Crippen molar-refractivity contribution in [1.82, 2.24) is 9.97 Å². The number of alkyl halides is 3. The van der Waals surface area contributed by atoms with E-state index in [-0.39, 0.29) is 11.3 Å². The lowest BCUT2D eigenvalue weighted by atomic mass is 10.1. The van der Waals surface area contributed by atoms with Crippen LogP contribution in [0.15, 0.2) is 42.9 Å². The Morgan fingerprint density at radius 2 is 2.04 bits per heavy atom. The lowest BCUT2D eigenvalue weighted by Gasteiger charge is -2.18. The minimum Gasteiger partial charge on any atom is -0.366 e. The average Bonchev–Trinajstić information content (AvgIpc) is 2.98. The Morgan fingerprint density at radius 3 is 2.77 bits per heavy atom. The molecule has 0 saturated carbocycles. The van der Waals surface area contributed by atoms with E-state index >= 15 is 0 Å². The number of hydrogen-bond acceptors (Lipinski definition) is 4. The number of aromatic amines is 1. The van der Waals surface area contributed by atoms with Crippen LogP contribution in [0.3, 0.4) is 0 Å². The highest BCUT2D eigenvalue weighted by Gasteiger charge is 2.33. The van der Waals surface area contributed by atoms with Crippen LogP contribution in [0, 0.1) is 6.92 Å². The predicted molar refractivity (Wildman–Crippen MR) is 90.5 cm³/mol. The van der Waals surface area contributed by atoms with Crippen molar-refractivity contribution in [2.24, 2.45) is 0 Å². The van der Waals surface area contributed by atoms with Crippen molar-refractivity contribution in [3.05, 3.63) is 54.0 Å². The first-order chi connectivity index (χ1) is 12.3. The Kier molecular flexibility index (Phi) is 4.56. The second-order valence-corrected chi connectivity index (χ2v) is 5.64. The van der Waals surface area contributed by atoms with Gasteiger partial charge in [-0.2, -0.15) is 13.2 Å². The zero-order valence-electron chi connectivity index (χ0n) is 13.6. The third-order valence-corrected chi connectivity index (χ3v) is 3.92. The van der Waals surface area contributed by atoms with Crippen molar-refractivity contribution in [2.45, 2.75) is 19.3 Å². The number of aliphatic hydroxyl groups excluding tert-OH is 1. The van der Waals surface area contributed by atoms with Gasteiger partial charge in [-0.05, 0) is 30.7 Å². The van der Waals surface area contributed by atoms with E-state index in [0.29, 0.717) is 11.1 Å². The van der Waals surface area contributed by atoms with Crippen LogP contribution >= 0.6 is 0 Å². The molecule has 1 atom stereocenters. The molecule has 136 valence electrons. The van der Waals surface area contributed by atoms with Crippen molar-refractivity contribution in [2.75, 3.05) is 10.6 Å². The lowest BCUT2D eigenvalue weighted by Crippen LogP contribution is -2.34. The van der Waals surface area contributed by atoms with Gasteiger partial charge in [0.2, 0.25) is 6.23 Å². The van der Waals surface area contributed by atoms with Crippen LogP contribution in [0.1, 0.15) is 11.1 Å². The number of rotatable bonds is 4. The van der Waals surface area contributed by atoms with Crippen molar-refractivity contribution >= 4 is 28.2 Å². The summed E-state index contributed by atoms with van der Waals surface area (Å²) in [5, 5.41) is 15.6. The summed E-state index contributed by atoms with van der Waals surface area (Å²) >= 11 is 0. The number of carbonyl (C=O) groups excluding carboxylic acids is 1. The minimum absolute atomic E-state index is 0.0167. The quantitative estimate of drug-likeness (QED) is 0.535. The first kappa shape index (κ1) is 17.7. The second kappa shape index (κ2) is 6.68. The van der Waals surface area contributed by atoms with Gasteiger partial charge in [0, 0.05) is 29.7 Å². The summed E-state index contributed by atoms with van der Waals surface area (Å²) in [6.45, 7) is 1.26. The molecule has 0 bridgehead atoms. The zero-order chi connectivity index (χ0) is 18.9. The molecule has 0 aliphatic carbocycles. The molecule has 26 heavy (non-hydrogen) atoms. The van der Waals surface area contributed by atoms with E-state index in [1.54, 1.807) is 12.3 Å². The van der Waals surface area contributed by atoms with Crippen molar-refractivity contribution < 1.29 is 23.1 Å². The van der Waals surface area contributed by atoms with E-state index in [1.807, 2.05) is 0 Å². The molecule has 2 heterocycles. The number of aromatic nitrogens is 2. The number of amides is 1. The Bertz CT molecular complexity index is 953. The van der Waals surface area contributed by atoms with Crippen LogP contribution in [-0.4, -0.2) is 27.2 Å². The maximum Gasteiger partial charge on any atom is 0.416 e. The SMILES string of the molecule is Cc1c(NC(O)C(=O)Nc2c[nH]c3ccncc23)cccc1C(F)(F)F. The number of halogens is 3. The maximum absolute atomic E-state index is 12.9. The third kappa shape index (κ3) is 3.47. The van der Waals surface area contributed by atoms with Gasteiger partial charge in [-0.3, -0.25) is 9.78 Å². The molecule has 1 aromatic carbocycles. The number of hydrogen-bond donors (Lipinski definition) is 4. The van der Waals surface area contributed by atoms with Crippen LogP contribution < -0.4 is 10.6 Å². The Hall–Kier alpha value is -3.07. The van der Waals surface area contributed by atoms with Gasteiger partial charge in [0.15, 0.2) is 0 Å². The van der Waals surface area contributed by atoms with E-state index < -0.39 is 23.9 Å². The van der Waals surface area contributed by atoms with Gasteiger partial charge in [0.25, 0.3) is 5.91 Å². The second-order valence-electron chi connectivity index (χ2n) is 5.64. The fraction of sp³-hybridized carbons (Fsp3) is 0.176. The van der Waals surface area contributed by atoms with Gasteiger partial charge in [-0.25, -0.2) is 0 Å². The largest absolute Gasteiger partial charge is 0.416 e. The number of pyridine rings is 1. The monoisotopic (exact) mass is 364 g/mol. The first-order valence-corrected chi connectivity index (χ1v) is 7.61. The molecule has 0 aliphatic rings. The van der Waals surface area contributed by atoms with E-state index in [0.717, 1.165) is 11.6 Å². The fourth-order valence-corrected chi connectivity index (χ4v) is 2.58. The molecule has 6 nitrogen and oxygen atoms in total. The highest BCUT2D eigenvalue weighted by molar-refractivity contribution is 6.03. The standard InChI is InChI=1S/C17H15F3N4O2/c1-9-11(17(18,19)20)3-2-4-12(9)23-15(25)16(26)24-14-8-22-13-5-6-21-7-10(13)14/h2-8,15,22-23,25H,1H3,(H,24,26). The molecular formula is C17H15F3N4O2. The van der Waals surface area contributed by atoms with Gasteiger partial charge in [-0.15, -0.1) is 0 Å². The molecule has 0 fully saturated rings. The number of nitrogens with one attached hydrogen (secondary N) is 3. The van der Waals surface area contributed by atoms with Gasteiger partial charge in [-0.1, -0.05) is 6.07 Å². The number of benzene rings is 1. The summed E-state index contributed by atoms with van der Waals surface area (Å²) in [5.41, 5.74) is 0.218.